The number of pyridine rings is 1. The zero-order valence-corrected chi connectivity index (χ0v) is 11.3. The minimum absolute atomic E-state index is 0.0715. The molecule has 1 aliphatic heterocycles. The summed E-state index contributed by atoms with van der Waals surface area (Å²) in [6, 6.07) is 2.50. The summed E-state index contributed by atoms with van der Waals surface area (Å²) >= 11 is 0. The molecule has 108 valence electrons. The number of carbonyl (C=O) groups excluding carboxylic acids is 2. The summed E-state index contributed by atoms with van der Waals surface area (Å²) in [7, 11) is 0. The first-order valence-electron chi connectivity index (χ1n) is 6.84. The largest absolute Gasteiger partial charge is 0.351 e. The van der Waals surface area contributed by atoms with Gasteiger partial charge in [-0.1, -0.05) is 0 Å². The van der Waals surface area contributed by atoms with Crippen LogP contribution in [0.2, 0.25) is 0 Å². The average Bonchev–Trinajstić information content (AvgIpc) is 2.48. The summed E-state index contributed by atoms with van der Waals surface area (Å²) in [5.74, 6) is -0.895. The van der Waals surface area contributed by atoms with Gasteiger partial charge in [0.25, 0.3) is 5.91 Å². The van der Waals surface area contributed by atoms with Crippen molar-refractivity contribution in [2.45, 2.75) is 25.7 Å². The second kappa shape index (κ2) is 6.98. The Balaban J connectivity index is 1.73. The fourth-order valence-corrected chi connectivity index (χ4v) is 2.20. The highest BCUT2D eigenvalue weighted by Crippen LogP contribution is 2.09. The molecule has 0 saturated carbocycles. The van der Waals surface area contributed by atoms with E-state index in [9.17, 15) is 14.0 Å². The highest BCUT2D eigenvalue weighted by molar-refractivity contribution is 5.94. The molecule has 5 nitrogen and oxygen atoms in total. The topological polar surface area (TPSA) is 62.3 Å². The fourth-order valence-electron chi connectivity index (χ4n) is 2.20. The Hall–Kier alpha value is -1.98. The number of hydrogen-bond acceptors (Lipinski definition) is 3. The van der Waals surface area contributed by atoms with Gasteiger partial charge in [0.2, 0.25) is 11.9 Å². The van der Waals surface area contributed by atoms with Crippen molar-refractivity contribution < 1.29 is 14.0 Å². The Labute approximate surface area is 117 Å². The maximum Gasteiger partial charge on any atom is 0.252 e. The summed E-state index contributed by atoms with van der Waals surface area (Å²) in [6.07, 6.45) is 4.76. The number of nitrogens with one attached hydrogen (secondary N) is 1. The smallest absolute Gasteiger partial charge is 0.252 e. The standard InChI is InChI=1S/C14H18FN3O2/c15-12-5-4-11(10-17-12)14(20)16-7-6-13(19)18-8-2-1-3-9-18/h4-5,10H,1-3,6-9H2,(H,16,20). The molecule has 1 aromatic rings. The van der Waals surface area contributed by atoms with E-state index >= 15 is 0 Å². The van der Waals surface area contributed by atoms with Crippen molar-refractivity contribution in [2.24, 2.45) is 0 Å². The Morgan fingerprint density at radius 2 is 2.00 bits per heavy atom. The van der Waals surface area contributed by atoms with Gasteiger partial charge in [-0.05, 0) is 31.4 Å². The van der Waals surface area contributed by atoms with Crippen LogP contribution in [0, 0.1) is 5.95 Å². The average molecular weight is 279 g/mol. The molecule has 1 aromatic heterocycles. The number of piperidine rings is 1. The predicted molar refractivity (Wildman–Crippen MR) is 71.6 cm³/mol. The van der Waals surface area contributed by atoms with Crippen molar-refractivity contribution in [1.82, 2.24) is 15.2 Å². The van der Waals surface area contributed by atoms with Crippen LogP contribution in [0.3, 0.4) is 0 Å². The molecule has 1 aliphatic rings. The van der Waals surface area contributed by atoms with Crippen molar-refractivity contribution in [3.05, 3.63) is 29.8 Å². The van der Waals surface area contributed by atoms with Gasteiger partial charge >= 0.3 is 0 Å². The number of rotatable bonds is 4. The van der Waals surface area contributed by atoms with E-state index < -0.39 is 5.95 Å². The van der Waals surface area contributed by atoms with Crippen molar-refractivity contribution in [3.8, 4) is 0 Å². The first-order chi connectivity index (χ1) is 9.66. The van der Waals surface area contributed by atoms with E-state index in [1.54, 1.807) is 0 Å². The highest BCUT2D eigenvalue weighted by Gasteiger charge is 2.16. The zero-order chi connectivity index (χ0) is 14.4. The van der Waals surface area contributed by atoms with Crippen LogP contribution in [-0.2, 0) is 4.79 Å². The van der Waals surface area contributed by atoms with Gasteiger partial charge < -0.3 is 10.2 Å². The number of nitrogens with zero attached hydrogens (tertiary/aromatic N) is 2. The van der Waals surface area contributed by atoms with Gasteiger partial charge in [-0.3, -0.25) is 9.59 Å². The summed E-state index contributed by atoms with van der Waals surface area (Å²) < 4.78 is 12.6. The molecule has 0 aromatic carbocycles. The zero-order valence-electron chi connectivity index (χ0n) is 11.3. The highest BCUT2D eigenvalue weighted by atomic mass is 19.1. The maximum atomic E-state index is 12.6. The molecule has 6 heteroatoms. The molecular weight excluding hydrogens is 261 g/mol. The van der Waals surface area contributed by atoms with Gasteiger partial charge in [0.05, 0.1) is 5.56 Å². The van der Waals surface area contributed by atoms with Crippen LogP contribution in [0.15, 0.2) is 18.3 Å². The van der Waals surface area contributed by atoms with Crippen LogP contribution < -0.4 is 5.32 Å². The molecule has 2 rings (SSSR count). The third-order valence-corrected chi connectivity index (χ3v) is 3.32. The second-order valence-corrected chi connectivity index (χ2v) is 4.82. The lowest BCUT2D eigenvalue weighted by molar-refractivity contribution is -0.131. The van der Waals surface area contributed by atoms with E-state index in [-0.39, 0.29) is 23.9 Å². The molecule has 0 radical (unpaired) electrons. The van der Waals surface area contributed by atoms with Gasteiger partial charge in [-0.15, -0.1) is 0 Å². The number of halogens is 1. The van der Waals surface area contributed by atoms with Crippen LogP contribution in [0.4, 0.5) is 4.39 Å². The molecule has 1 fully saturated rings. The number of hydrogen-bond donors (Lipinski definition) is 1. The molecule has 0 unspecified atom stereocenters. The normalized spacial score (nSPS) is 14.9. The van der Waals surface area contributed by atoms with E-state index in [1.165, 1.54) is 18.7 Å². The molecule has 0 spiro atoms. The molecule has 1 N–H and O–H groups in total. The Kier molecular flexibility index (Phi) is 5.03. The third-order valence-electron chi connectivity index (χ3n) is 3.32. The lowest BCUT2D eigenvalue weighted by atomic mass is 10.1. The van der Waals surface area contributed by atoms with Crippen LogP contribution in [-0.4, -0.2) is 41.3 Å². The van der Waals surface area contributed by atoms with E-state index in [0.29, 0.717) is 6.42 Å². The minimum Gasteiger partial charge on any atom is -0.351 e. The molecule has 20 heavy (non-hydrogen) atoms. The van der Waals surface area contributed by atoms with Crippen LogP contribution in [0.1, 0.15) is 36.0 Å². The SMILES string of the molecule is O=C(NCCC(=O)N1CCCCC1)c1ccc(F)nc1. The second-order valence-electron chi connectivity index (χ2n) is 4.82. The first kappa shape index (κ1) is 14.4. The fraction of sp³-hybridized carbons (Fsp3) is 0.500. The Morgan fingerprint density at radius 1 is 1.25 bits per heavy atom. The lowest BCUT2D eigenvalue weighted by Gasteiger charge is -2.26. The maximum absolute atomic E-state index is 12.6. The van der Waals surface area contributed by atoms with Crippen LogP contribution in [0.25, 0.3) is 0 Å². The van der Waals surface area contributed by atoms with Crippen molar-refractivity contribution in [3.63, 3.8) is 0 Å². The summed E-state index contributed by atoms with van der Waals surface area (Å²) in [5.41, 5.74) is 0.289. The molecule has 1 saturated heterocycles. The number of amides is 2. The first-order valence-corrected chi connectivity index (χ1v) is 6.84. The lowest BCUT2D eigenvalue weighted by Crippen LogP contribution is -2.37. The Morgan fingerprint density at radius 3 is 2.65 bits per heavy atom. The molecular formula is C14H18FN3O2. The predicted octanol–water partition coefficient (Wildman–Crippen LogP) is 1.35. The Bertz CT molecular complexity index is 470. The van der Waals surface area contributed by atoms with Crippen molar-refractivity contribution in [1.29, 1.82) is 0 Å². The summed E-state index contributed by atoms with van der Waals surface area (Å²) in [6.45, 7) is 1.91. The van der Waals surface area contributed by atoms with Crippen LogP contribution >= 0.6 is 0 Å². The molecule has 2 heterocycles. The van der Waals surface area contributed by atoms with E-state index in [1.807, 2.05) is 4.90 Å². The summed E-state index contributed by atoms with van der Waals surface area (Å²) in [4.78, 5) is 28.8. The summed E-state index contributed by atoms with van der Waals surface area (Å²) in [5, 5.41) is 2.64. The molecule has 0 atom stereocenters. The molecule has 2 amide bonds. The van der Waals surface area contributed by atoms with Gasteiger partial charge in [0, 0.05) is 32.3 Å². The molecule has 0 bridgehead atoms. The minimum atomic E-state index is -0.623. The van der Waals surface area contributed by atoms with E-state index in [4.69, 9.17) is 0 Å². The van der Waals surface area contributed by atoms with Gasteiger partial charge in [0.15, 0.2) is 0 Å². The molecule has 0 aliphatic carbocycles. The third kappa shape index (κ3) is 4.01. The van der Waals surface area contributed by atoms with Gasteiger partial charge in [-0.25, -0.2) is 4.98 Å². The number of aromatic nitrogens is 1. The number of likely N-dealkylation sites (tertiary alicyclic amines) is 1. The van der Waals surface area contributed by atoms with Crippen molar-refractivity contribution in [2.75, 3.05) is 19.6 Å². The van der Waals surface area contributed by atoms with E-state index in [0.717, 1.165) is 32.0 Å². The van der Waals surface area contributed by atoms with Gasteiger partial charge in [0.1, 0.15) is 0 Å². The van der Waals surface area contributed by atoms with Crippen molar-refractivity contribution >= 4 is 11.8 Å². The van der Waals surface area contributed by atoms with Crippen LogP contribution in [0.5, 0.6) is 0 Å². The monoisotopic (exact) mass is 279 g/mol. The quantitative estimate of drug-likeness (QED) is 0.846. The van der Waals surface area contributed by atoms with E-state index in [2.05, 4.69) is 10.3 Å². The number of carbonyl (C=O) groups is 2. The van der Waals surface area contributed by atoms with Gasteiger partial charge in [-0.2, -0.15) is 4.39 Å².